The van der Waals surface area contributed by atoms with E-state index in [1.807, 2.05) is 30.3 Å². The smallest absolute Gasteiger partial charge is 0.410 e. The molecule has 8 heteroatoms. The molecule has 1 aliphatic heterocycles. The Balaban J connectivity index is 1.48. The van der Waals surface area contributed by atoms with E-state index in [0.717, 1.165) is 18.4 Å². The summed E-state index contributed by atoms with van der Waals surface area (Å²) in [6.45, 7) is 1.44. The van der Waals surface area contributed by atoms with Gasteiger partial charge in [0.15, 0.2) is 0 Å². The Morgan fingerprint density at radius 3 is 2.59 bits per heavy atom. The zero-order chi connectivity index (χ0) is 19.2. The minimum Gasteiger partial charge on any atom is -0.445 e. The number of hydrogen-bond acceptors (Lipinski definition) is 5. The first-order valence-electron chi connectivity index (χ1n) is 8.69. The van der Waals surface area contributed by atoms with Crippen LogP contribution < -0.4 is 5.32 Å². The largest absolute Gasteiger partial charge is 0.445 e. The number of piperidine rings is 1. The van der Waals surface area contributed by atoms with Gasteiger partial charge in [-0.25, -0.2) is 4.79 Å². The lowest BCUT2D eigenvalue weighted by Crippen LogP contribution is -2.42. The Labute approximate surface area is 165 Å². The highest BCUT2D eigenvalue weighted by Gasteiger charge is 2.24. The number of carbonyl (C=O) groups is 1. The molecule has 0 unspecified atom stereocenters. The average molecular weight is 434 g/mol. The molecule has 1 fully saturated rings. The van der Waals surface area contributed by atoms with Crippen LogP contribution in [0, 0.1) is 10.1 Å². The van der Waals surface area contributed by atoms with Crippen LogP contribution in [0.25, 0.3) is 0 Å². The van der Waals surface area contributed by atoms with Gasteiger partial charge in [-0.1, -0.05) is 30.3 Å². The third kappa shape index (κ3) is 5.19. The molecule has 1 heterocycles. The molecule has 2 aromatic carbocycles. The van der Waals surface area contributed by atoms with Crippen LogP contribution in [-0.4, -0.2) is 35.0 Å². The van der Waals surface area contributed by atoms with E-state index in [2.05, 4.69) is 21.2 Å². The van der Waals surface area contributed by atoms with E-state index in [9.17, 15) is 14.9 Å². The second-order valence-electron chi connectivity index (χ2n) is 6.37. The molecule has 1 saturated heterocycles. The van der Waals surface area contributed by atoms with Gasteiger partial charge in [0.2, 0.25) is 0 Å². The number of anilines is 1. The molecular formula is C19H20BrN3O4. The van der Waals surface area contributed by atoms with E-state index in [-0.39, 0.29) is 24.4 Å². The maximum absolute atomic E-state index is 12.2. The molecule has 1 N–H and O–H groups in total. The topological polar surface area (TPSA) is 84.7 Å². The summed E-state index contributed by atoms with van der Waals surface area (Å²) in [5.41, 5.74) is 1.69. The van der Waals surface area contributed by atoms with Gasteiger partial charge in [0.25, 0.3) is 5.69 Å². The number of ether oxygens (including phenoxy) is 1. The maximum Gasteiger partial charge on any atom is 0.410 e. The summed E-state index contributed by atoms with van der Waals surface area (Å²) in [6, 6.07) is 14.7. The van der Waals surface area contributed by atoms with E-state index in [1.165, 1.54) is 6.07 Å². The molecule has 0 radical (unpaired) electrons. The minimum absolute atomic E-state index is 0.0296. The predicted octanol–water partition coefficient (Wildman–Crippen LogP) is 4.57. The van der Waals surface area contributed by atoms with Gasteiger partial charge < -0.3 is 15.0 Å². The summed E-state index contributed by atoms with van der Waals surface area (Å²) in [7, 11) is 0. The van der Waals surface area contributed by atoms with E-state index in [1.54, 1.807) is 17.0 Å². The van der Waals surface area contributed by atoms with Gasteiger partial charge >= 0.3 is 6.09 Å². The number of amides is 1. The van der Waals surface area contributed by atoms with Crippen molar-refractivity contribution in [2.45, 2.75) is 25.5 Å². The fourth-order valence-corrected chi connectivity index (χ4v) is 3.39. The minimum atomic E-state index is -0.416. The SMILES string of the molecule is O=C(OCc1ccccc1)N1CCC(Nc2ccc(Br)c([N+](=O)[O-])c2)CC1. The van der Waals surface area contributed by atoms with E-state index < -0.39 is 4.92 Å². The molecule has 3 rings (SSSR count). The summed E-state index contributed by atoms with van der Waals surface area (Å²) < 4.78 is 5.82. The molecule has 1 aliphatic rings. The van der Waals surface area contributed by atoms with Crippen LogP contribution in [-0.2, 0) is 11.3 Å². The van der Waals surface area contributed by atoms with Crippen molar-refractivity contribution < 1.29 is 14.5 Å². The quantitative estimate of drug-likeness (QED) is 0.551. The lowest BCUT2D eigenvalue weighted by Gasteiger charge is -2.32. The summed E-state index contributed by atoms with van der Waals surface area (Å²) in [5, 5.41) is 14.4. The van der Waals surface area contributed by atoms with Crippen molar-refractivity contribution >= 4 is 33.4 Å². The van der Waals surface area contributed by atoms with Gasteiger partial charge in [-0.05, 0) is 46.5 Å². The van der Waals surface area contributed by atoms with E-state index in [0.29, 0.717) is 23.2 Å². The predicted molar refractivity (Wildman–Crippen MR) is 106 cm³/mol. The third-order valence-corrected chi connectivity index (χ3v) is 5.14. The number of nitro benzene ring substituents is 1. The first-order chi connectivity index (χ1) is 13.0. The van der Waals surface area contributed by atoms with Crippen LogP contribution in [0.3, 0.4) is 0 Å². The van der Waals surface area contributed by atoms with Gasteiger partial charge in [0, 0.05) is 30.9 Å². The number of halogens is 1. The standard InChI is InChI=1S/C19H20BrN3O4/c20-17-7-6-16(12-18(17)23(25)26)21-15-8-10-22(11-9-15)19(24)27-13-14-4-2-1-3-5-14/h1-7,12,15,21H,8-11,13H2. The van der Waals surface area contributed by atoms with Crippen LogP contribution >= 0.6 is 15.9 Å². The monoisotopic (exact) mass is 433 g/mol. The first kappa shape index (κ1) is 19.2. The second kappa shape index (κ2) is 8.85. The summed E-state index contributed by atoms with van der Waals surface area (Å²) >= 11 is 3.18. The highest BCUT2D eigenvalue weighted by Crippen LogP contribution is 2.29. The summed E-state index contributed by atoms with van der Waals surface area (Å²) in [5.74, 6) is 0. The van der Waals surface area contributed by atoms with Gasteiger partial charge in [-0.3, -0.25) is 10.1 Å². The number of benzene rings is 2. The molecule has 2 aromatic rings. The second-order valence-corrected chi connectivity index (χ2v) is 7.22. The Morgan fingerprint density at radius 2 is 1.93 bits per heavy atom. The van der Waals surface area contributed by atoms with Crippen LogP contribution in [0.4, 0.5) is 16.2 Å². The van der Waals surface area contributed by atoms with E-state index in [4.69, 9.17) is 4.74 Å². The van der Waals surface area contributed by atoms with Crippen molar-refractivity contribution in [3.05, 3.63) is 68.7 Å². The van der Waals surface area contributed by atoms with Gasteiger partial charge in [0.1, 0.15) is 6.61 Å². The molecule has 27 heavy (non-hydrogen) atoms. The summed E-state index contributed by atoms with van der Waals surface area (Å²) in [6.07, 6.45) is 1.20. The molecule has 7 nitrogen and oxygen atoms in total. The van der Waals surface area contributed by atoms with Gasteiger partial charge in [-0.15, -0.1) is 0 Å². The molecule has 0 aromatic heterocycles. The highest BCUT2D eigenvalue weighted by molar-refractivity contribution is 9.10. The molecule has 1 amide bonds. The van der Waals surface area contributed by atoms with Crippen molar-refractivity contribution in [1.29, 1.82) is 0 Å². The van der Waals surface area contributed by atoms with Gasteiger partial charge in [0.05, 0.1) is 9.40 Å². The van der Waals surface area contributed by atoms with Crippen LogP contribution in [0.2, 0.25) is 0 Å². The average Bonchev–Trinajstić information content (AvgIpc) is 2.69. The number of carbonyl (C=O) groups excluding carboxylic acids is 1. The van der Waals surface area contributed by atoms with Crippen LogP contribution in [0.15, 0.2) is 53.0 Å². The van der Waals surface area contributed by atoms with Gasteiger partial charge in [-0.2, -0.15) is 0 Å². The Bertz CT molecular complexity index is 808. The highest BCUT2D eigenvalue weighted by atomic mass is 79.9. The van der Waals surface area contributed by atoms with Crippen molar-refractivity contribution in [2.75, 3.05) is 18.4 Å². The Morgan fingerprint density at radius 1 is 1.22 bits per heavy atom. The van der Waals surface area contributed by atoms with Crippen LogP contribution in [0.5, 0.6) is 0 Å². The number of hydrogen-bond donors (Lipinski definition) is 1. The Kier molecular flexibility index (Phi) is 6.28. The van der Waals surface area contributed by atoms with Crippen LogP contribution in [0.1, 0.15) is 18.4 Å². The van der Waals surface area contributed by atoms with Crippen molar-refractivity contribution in [3.8, 4) is 0 Å². The zero-order valence-electron chi connectivity index (χ0n) is 14.6. The normalized spacial score (nSPS) is 14.6. The van der Waals surface area contributed by atoms with E-state index >= 15 is 0 Å². The van der Waals surface area contributed by atoms with Crippen molar-refractivity contribution in [3.63, 3.8) is 0 Å². The van der Waals surface area contributed by atoms with Crippen molar-refractivity contribution in [1.82, 2.24) is 4.90 Å². The molecule has 0 saturated carbocycles. The molecule has 0 bridgehead atoms. The third-order valence-electron chi connectivity index (χ3n) is 4.47. The first-order valence-corrected chi connectivity index (χ1v) is 9.48. The molecule has 142 valence electrons. The number of likely N-dealkylation sites (tertiary alicyclic amines) is 1. The Hall–Kier alpha value is -2.61. The maximum atomic E-state index is 12.2. The lowest BCUT2D eigenvalue weighted by atomic mass is 10.0. The number of nitro groups is 1. The summed E-state index contributed by atoms with van der Waals surface area (Å²) in [4.78, 5) is 24.5. The fourth-order valence-electron chi connectivity index (χ4n) is 3.00. The fraction of sp³-hybridized carbons (Fsp3) is 0.316. The number of rotatable bonds is 5. The number of nitrogens with zero attached hydrogens (tertiary/aromatic N) is 2. The van der Waals surface area contributed by atoms with Crippen molar-refractivity contribution in [2.24, 2.45) is 0 Å². The molecular weight excluding hydrogens is 414 g/mol. The molecule has 0 aliphatic carbocycles. The number of nitrogens with one attached hydrogen (secondary N) is 1. The molecule has 0 spiro atoms. The zero-order valence-corrected chi connectivity index (χ0v) is 16.2. The lowest BCUT2D eigenvalue weighted by molar-refractivity contribution is -0.385. The molecule has 0 atom stereocenters.